The zero-order valence-corrected chi connectivity index (χ0v) is 10.2. The molecule has 0 amide bonds. The average molecular weight is 230 g/mol. The molecule has 0 aliphatic rings. The van der Waals surface area contributed by atoms with Crippen LogP contribution in [0, 0.1) is 11.3 Å². The Labute approximate surface area is 103 Å². The maximum atomic E-state index is 9.08. The number of aliphatic hydroxyl groups is 1. The Morgan fingerprint density at radius 3 is 2.88 bits per heavy atom. The number of anilines is 1. The Morgan fingerprint density at radius 2 is 2.29 bits per heavy atom. The standard InChI is InChI=1S/C14H18N2O/c1-3-4-5-8-16(2)14-7-6-12(11-17)9-13(14)10-15/h3,6-7,9,17H,1,4-5,8,11H2,2H3. The highest BCUT2D eigenvalue weighted by molar-refractivity contribution is 5.60. The van der Waals surface area contributed by atoms with Crippen LogP contribution in [0.4, 0.5) is 5.69 Å². The lowest BCUT2D eigenvalue weighted by Gasteiger charge is -2.20. The molecule has 0 aliphatic heterocycles. The van der Waals surface area contributed by atoms with Gasteiger partial charge >= 0.3 is 0 Å². The second-order valence-electron chi connectivity index (χ2n) is 3.97. The number of aliphatic hydroxyl groups excluding tert-OH is 1. The van der Waals surface area contributed by atoms with Crippen LogP contribution in [0.3, 0.4) is 0 Å². The van der Waals surface area contributed by atoms with E-state index in [9.17, 15) is 0 Å². The van der Waals surface area contributed by atoms with Crippen LogP contribution in [-0.2, 0) is 6.61 Å². The van der Waals surface area contributed by atoms with Crippen molar-refractivity contribution in [2.75, 3.05) is 18.5 Å². The minimum Gasteiger partial charge on any atom is -0.392 e. The Hall–Kier alpha value is -1.79. The highest BCUT2D eigenvalue weighted by Crippen LogP contribution is 2.20. The fraction of sp³-hybridized carbons (Fsp3) is 0.357. The van der Waals surface area contributed by atoms with E-state index in [0.29, 0.717) is 5.56 Å². The Kier molecular flexibility index (Phi) is 5.25. The maximum absolute atomic E-state index is 9.08. The van der Waals surface area contributed by atoms with E-state index in [2.05, 4.69) is 17.5 Å². The third-order valence-corrected chi connectivity index (χ3v) is 2.68. The molecule has 1 aromatic carbocycles. The molecule has 1 rings (SSSR count). The normalized spacial score (nSPS) is 9.71. The van der Waals surface area contributed by atoms with Crippen molar-refractivity contribution in [1.82, 2.24) is 0 Å². The molecule has 3 heteroatoms. The summed E-state index contributed by atoms with van der Waals surface area (Å²) in [5, 5.41) is 18.1. The van der Waals surface area contributed by atoms with Crippen molar-refractivity contribution in [3.8, 4) is 6.07 Å². The maximum Gasteiger partial charge on any atom is 0.101 e. The first-order valence-electron chi connectivity index (χ1n) is 5.68. The van der Waals surface area contributed by atoms with E-state index in [1.165, 1.54) is 0 Å². The third-order valence-electron chi connectivity index (χ3n) is 2.68. The number of hydrogen-bond donors (Lipinski definition) is 1. The number of rotatable bonds is 6. The van der Waals surface area contributed by atoms with E-state index < -0.39 is 0 Å². The Balaban J connectivity index is 2.82. The summed E-state index contributed by atoms with van der Waals surface area (Å²) in [7, 11) is 1.97. The van der Waals surface area contributed by atoms with Crippen molar-refractivity contribution in [1.29, 1.82) is 5.26 Å². The monoisotopic (exact) mass is 230 g/mol. The predicted octanol–water partition coefficient (Wildman–Crippen LogP) is 2.45. The fourth-order valence-corrected chi connectivity index (χ4v) is 1.70. The van der Waals surface area contributed by atoms with E-state index in [0.717, 1.165) is 30.6 Å². The second kappa shape index (κ2) is 6.72. The zero-order chi connectivity index (χ0) is 12.7. The number of allylic oxidation sites excluding steroid dienone is 1. The second-order valence-corrected chi connectivity index (χ2v) is 3.97. The molecule has 0 heterocycles. The highest BCUT2D eigenvalue weighted by Gasteiger charge is 2.07. The lowest BCUT2D eigenvalue weighted by molar-refractivity contribution is 0.282. The molecule has 0 atom stereocenters. The molecule has 0 aliphatic carbocycles. The summed E-state index contributed by atoms with van der Waals surface area (Å²) in [6.07, 6.45) is 3.89. The quantitative estimate of drug-likeness (QED) is 0.603. The van der Waals surface area contributed by atoms with E-state index >= 15 is 0 Å². The summed E-state index contributed by atoms with van der Waals surface area (Å²) in [5.74, 6) is 0. The molecule has 90 valence electrons. The van der Waals surface area contributed by atoms with E-state index in [4.69, 9.17) is 10.4 Å². The van der Waals surface area contributed by atoms with Gasteiger partial charge in [0.2, 0.25) is 0 Å². The van der Waals surface area contributed by atoms with Crippen LogP contribution >= 0.6 is 0 Å². The molecule has 3 nitrogen and oxygen atoms in total. The van der Waals surface area contributed by atoms with Crippen molar-refractivity contribution in [2.24, 2.45) is 0 Å². The van der Waals surface area contributed by atoms with Gasteiger partial charge in [-0.25, -0.2) is 0 Å². The minimum atomic E-state index is -0.0326. The van der Waals surface area contributed by atoms with Gasteiger partial charge in [0, 0.05) is 13.6 Å². The lowest BCUT2D eigenvalue weighted by atomic mass is 10.1. The number of unbranched alkanes of at least 4 members (excludes halogenated alkanes) is 1. The van der Waals surface area contributed by atoms with Gasteiger partial charge in [0.1, 0.15) is 6.07 Å². The summed E-state index contributed by atoms with van der Waals surface area (Å²) in [5.41, 5.74) is 2.29. The molecule has 0 unspecified atom stereocenters. The van der Waals surface area contributed by atoms with Crippen LogP contribution in [0.5, 0.6) is 0 Å². The highest BCUT2D eigenvalue weighted by atomic mass is 16.3. The summed E-state index contributed by atoms with van der Waals surface area (Å²) < 4.78 is 0. The van der Waals surface area contributed by atoms with Crippen LogP contribution in [0.2, 0.25) is 0 Å². The van der Waals surface area contributed by atoms with Gasteiger partial charge in [-0.2, -0.15) is 5.26 Å². The van der Waals surface area contributed by atoms with Gasteiger partial charge in [0.25, 0.3) is 0 Å². The van der Waals surface area contributed by atoms with Gasteiger partial charge < -0.3 is 10.0 Å². The molecule has 0 bridgehead atoms. The SMILES string of the molecule is C=CCCCN(C)c1ccc(CO)cc1C#N. The van der Waals surface area contributed by atoms with Gasteiger partial charge in [-0.3, -0.25) is 0 Å². The van der Waals surface area contributed by atoms with E-state index in [-0.39, 0.29) is 6.61 Å². The first kappa shape index (κ1) is 13.3. The first-order valence-corrected chi connectivity index (χ1v) is 5.68. The summed E-state index contributed by atoms with van der Waals surface area (Å²) in [6, 6.07) is 7.64. The number of nitrogens with zero attached hydrogens (tertiary/aromatic N) is 2. The summed E-state index contributed by atoms with van der Waals surface area (Å²) >= 11 is 0. The molecule has 0 aromatic heterocycles. The predicted molar refractivity (Wildman–Crippen MR) is 69.8 cm³/mol. The van der Waals surface area contributed by atoms with Crippen LogP contribution in [0.1, 0.15) is 24.0 Å². The molecule has 0 fully saturated rings. The number of nitriles is 1. The molecule has 0 saturated carbocycles. The van der Waals surface area contributed by atoms with Gasteiger partial charge in [-0.15, -0.1) is 6.58 Å². The first-order chi connectivity index (χ1) is 8.22. The van der Waals surface area contributed by atoms with E-state index in [1.807, 2.05) is 25.3 Å². The van der Waals surface area contributed by atoms with Crippen molar-refractivity contribution in [2.45, 2.75) is 19.4 Å². The molecule has 0 saturated heterocycles. The van der Waals surface area contributed by atoms with Crippen molar-refractivity contribution in [3.05, 3.63) is 42.0 Å². The molecule has 1 N–H and O–H groups in total. The molecule has 0 radical (unpaired) electrons. The lowest BCUT2D eigenvalue weighted by Crippen LogP contribution is -2.19. The third kappa shape index (κ3) is 3.61. The molecular weight excluding hydrogens is 212 g/mol. The summed E-state index contributed by atoms with van der Waals surface area (Å²) in [6.45, 7) is 4.54. The summed E-state index contributed by atoms with van der Waals surface area (Å²) in [4.78, 5) is 2.06. The Morgan fingerprint density at radius 1 is 1.53 bits per heavy atom. The van der Waals surface area contributed by atoms with Gasteiger partial charge in [0.15, 0.2) is 0 Å². The van der Waals surface area contributed by atoms with Crippen LogP contribution in [-0.4, -0.2) is 18.7 Å². The molecule has 1 aromatic rings. The van der Waals surface area contributed by atoms with E-state index in [1.54, 1.807) is 6.07 Å². The van der Waals surface area contributed by atoms with Gasteiger partial charge in [0.05, 0.1) is 17.9 Å². The van der Waals surface area contributed by atoms with Crippen molar-refractivity contribution < 1.29 is 5.11 Å². The van der Waals surface area contributed by atoms with Crippen LogP contribution in [0.25, 0.3) is 0 Å². The largest absolute Gasteiger partial charge is 0.392 e. The average Bonchev–Trinajstić information content (AvgIpc) is 2.38. The van der Waals surface area contributed by atoms with Crippen LogP contribution in [0.15, 0.2) is 30.9 Å². The number of hydrogen-bond acceptors (Lipinski definition) is 3. The van der Waals surface area contributed by atoms with Crippen LogP contribution < -0.4 is 4.90 Å². The van der Waals surface area contributed by atoms with Gasteiger partial charge in [-0.1, -0.05) is 12.1 Å². The van der Waals surface area contributed by atoms with Crippen molar-refractivity contribution in [3.63, 3.8) is 0 Å². The molecular formula is C14H18N2O. The minimum absolute atomic E-state index is 0.0326. The van der Waals surface area contributed by atoms with Gasteiger partial charge in [-0.05, 0) is 30.5 Å². The Bertz CT molecular complexity index is 421. The molecule has 17 heavy (non-hydrogen) atoms. The zero-order valence-electron chi connectivity index (χ0n) is 10.2. The fourth-order valence-electron chi connectivity index (χ4n) is 1.70. The number of benzene rings is 1. The smallest absolute Gasteiger partial charge is 0.101 e. The topological polar surface area (TPSA) is 47.3 Å². The molecule has 0 spiro atoms. The van der Waals surface area contributed by atoms with Crippen molar-refractivity contribution >= 4 is 5.69 Å².